The molecule has 1 saturated heterocycles. The lowest BCUT2D eigenvalue weighted by molar-refractivity contribution is -0.139. The fourth-order valence-electron chi connectivity index (χ4n) is 4.36. The maximum absolute atomic E-state index is 13.2. The smallest absolute Gasteiger partial charge is 0.263 e. The van der Waals surface area contributed by atoms with Crippen LogP contribution in [0.25, 0.3) is 0 Å². The number of hydrogen-bond donors (Lipinski definition) is 1. The van der Waals surface area contributed by atoms with Gasteiger partial charge in [-0.15, -0.1) is 0 Å². The summed E-state index contributed by atoms with van der Waals surface area (Å²) in [6.45, 7) is 8.93. The third-order valence-electron chi connectivity index (χ3n) is 6.63. The van der Waals surface area contributed by atoms with Crippen LogP contribution in [0.15, 0.2) is 70.0 Å². The molecule has 3 aromatic carbocycles. The van der Waals surface area contributed by atoms with Gasteiger partial charge in [-0.1, -0.05) is 24.3 Å². The van der Waals surface area contributed by atoms with E-state index in [4.69, 9.17) is 4.74 Å². The van der Waals surface area contributed by atoms with E-state index in [0.717, 1.165) is 16.7 Å². The van der Waals surface area contributed by atoms with E-state index < -0.39 is 16.1 Å². The van der Waals surface area contributed by atoms with Crippen LogP contribution in [0, 0.1) is 20.8 Å². The first-order valence-electron chi connectivity index (χ1n) is 12.7. The summed E-state index contributed by atoms with van der Waals surface area (Å²) < 4.78 is 35.3. The number of ether oxygens (including phenoxy) is 1. The molecule has 0 aromatic heterocycles. The number of rotatable bonds is 7. The largest absolute Gasteiger partial charge is 0.481 e. The highest BCUT2D eigenvalue weighted by Crippen LogP contribution is 2.27. The molecule has 1 atom stereocenters. The monoisotopic (exact) mass is 613 g/mol. The summed E-state index contributed by atoms with van der Waals surface area (Å²) in [4.78, 5) is 29.6. The zero-order valence-electron chi connectivity index (χ0n) is 22.4. The van der Waals surface area contributed by atoms with Crippen LogP contribution < -0.4 is 9.46 Å². The van der Waals surface area contributed by atoms with Crippen molar-refractivity contribution in [3.8, 4) is 5.75 Å². The van der Waals surface area contributed by atoms with E-state index in [0.29, 0.717) is 42.1 Å². The van der Waals surface area contributed by atoms with Crippen molar-refractivity contribution in [2.24, 2.45) is 0 Å². The molecule has 206 valence electrons. The molecular formula is C29H32BrN3O5S. The lowest BCUT2D eigenvalue weighted by atomic mass is 10.1. The summed E-state index contributed by atoms with van der Waals surface area (Å²) in [5.41, 5.74) is 3.61. The van der Waals surface area contributed by atoms with Gasteiger partial charge in [0.1, 0.15) is 5.75 Å². The average molecular weight is 615 g/mol. The highest BCUT2D eigenvalue weighted by atomic mass is 79.9. The van der Waals surface area contributed by atoms with Crippen molar-refractivity contribution >= 4 is 43.5 Å². The van der Waals surface area contributed by atoms with Crippen molar-refractivity contribution in [3.63, 3.8) is 0 Å². The lowest BCUT2D eigenvalue weighted by Gasteiger charge is -2.36. The Morgan fingerprint density at radius 3 is 2.26 bits per heavy atom. The molecule has 4 rings (SSSR count). The zero-order chi connectivity index (χ0) is 28.3. The number of benzene rings is 3. The average Bonchev–Trinajstić information content (AvgIpc) is 2.92. The molecule has 1 aliphatic heterocycles. The third kappa shape index (κ3) is 6.80. The zero-order valence-corrected chi connectivity index (χ0v) is 24.8. The first kappa shape index (κ1) is 28.6. The van der Waals surface area contributed by atoms with Gasteiger partial charge in [0.2, 0.25) is 0 Å². The van der Waals surface area contributed by atoms with Gasteiger partial charge in [-0.3, -0.25) is 14.3 Å². The first-order valence-corrected chi connectivity index (χ1v) is 14.9. The van der Waals surface area contributed by atoms with Gasteiger partial charge in [0.15, 0.2) is 6.10 Å². The van der Waals surface area contributed by atoms with E-state index >= 15 is 0 Å². The Balaban J connectivity index is 1.39. The Bertz CT molecular complexity index is 1500. The molecule has 0 bridgehead atoms. The molecule has 0 saturated carbocycles. The molecule has 0 spiro atoms. The number of carbonyl (C=O) groups excluding carboxylic acids is 2. The molecule has 3 aromatic rings. The van der Waals surface area contributed by atoms with Crippen LogP contribution in [0.5, 0.6) is 5.75 Å². The van der Waals surface area contributed by atoms with Crippen LogP contribution in [-0.4, -0.2) is 62.3 Å². The summed E-state index contributed by atoms with van der Waals surface area (Å²) in [5, 5.41) is 0. The molecule has 1 N–H and O–H groups in total. The standard InChI is InChI=1S/C29H32BrN3O5S/c1-19-9-11-25(30)26(16-19)31-39(36,37)24-7-5-6-23(18-24)29(35)33-14-12-32(13-15-33)28(34)22(4)38-27-17-20(2)8-10-21(27)3/h5-11,16-18,22,31H,12-15H2,1-4H3. The minimum absolute atomic E-state index is 0.00649. The fourth-order valence-corrected chi connectivity index (χ4v) is 5.96. The molecule has 0 radical (unpaired) electrons. The summed E-state index contributed by atoms with van der Waals surface area (Å²) in [7, 11) is -3.92. The number of anilines is 1. The number of nitrogens with zero attached hydrogens (tertiary/aromatic N) is 2. The number of sulfonamides is 1. The quantitative estimate of drug-likeness (QED) is 0.408. The number of aryl methyl sites for hydroxylation is 3. The second-order valence-electron chi connectivity index (χ2n) is 9.76. The van der Waals surface area contributed by atoms with E-state index in [1.165, 1.54) is 12.1 Å². The van der Waals surface area contributed by atoms with Crippen LogP contribution >= 0.6 is 15.9 Å². The molecule has 1 unspecified atom stereocenters. The molecule has 0 aliphatic carbocycles. The van der Waals surface area contributed by atoms with Gasteiger partial charge < -0.3 is 14.5 Å². The van der Waals surface area contributed by atoms with Gasteiger partial charge in [-0.2, -0.15) is 0 Å². The van der Waals surface area contributed by atoms with Crippen LogP contribution in [0.3, 0.4) is 0 Å². The second-order valence-corrected chi connectivity index (χ2v) is 12.3. The minimum Gasteiger partial charge on any atom is -0.481 e. The SMILES string of the molecule is Cc1ccc(Br)c(NS(=O)(=O)c2cccc(C(=O)N3CCN(C(=O)C(C)Oc4cc(C)ccc4C)CC3)c2)c1. The van der Waals surface area contributed by atoms with Gasteiger partial charge in [0, 0.05) is 36.2 Å². The Labute approximate surface area is 238 Å². The summed E-state index contributed by atoms with van der Waals surface area (Å²) in [5.74, 6) is 0.267. The van der Waals surface area contributed by atoms with Gasteiger partial charge in [-0.05, 0) is 96.7 Å². The molecule has 39 heavy (non-hydrogen) atoms. The molecule has 1 fully saturated rings. The van der Waals surface area contributed by atoms with E-state index in [1.54, 1.807) is 41.0 Å². The van der Waals surface area contributed by atoms with Crippen LogP contribution in [0.1, 0.15) is 34.0 Å². The summed E-state index contributed by atoms with van der Waals surface area (Å²) in [6, 6.07) is 17.2. The Morgan fingerprint density at radius 2 is 1.54 bits per heavy atom. The molecular weight excluding hydrogens is 582 g/mol. The minimum atomic E-state index is -3.92. The maximum atomic E-state index is 13.2. The number of halogens is 1. The van der Waals surface area contributed by atoms with Crippen molar-refractivity contribution < 1.29 is 22.7 Å². The fraction of sp³-hybridized carbons (Fsp3) is 0.310. The van der Waals surface area contributed by atoms with Crippen molar-refractivity contribution in [2.45, 2.75) is 38.7 Å². The van der Waals surface area contributed by atoms with Crippen molar-refractivity contribution in [3.05, 3.63) is 87.4 Å². The highest BCUT2D eigenvalue weighted by Gasteiger charge is 2.29. The predicted molar refractivity (Wildman–Crippen MR) is 155 cm³/mol. The van der Waals surface area contributed by atoms with E-state index in [-0.39, 0.29) is 22.3 Å². The second kappa shape index (κ2) is 11.8. The van der Waals surface area contributed by atoms with Gasteiger partial charge in [0.25, 0.3) is 21.8 Å². The van der Waals surface area contributed by atoms with Crippen LogP contribution in [0.4, 0.5) is 5.69 Å². The summed E-state index contributed by atoms with van der Waals surface area (Å²) in [6.07, 6.45) is -0.657. The normalized spacial score (nSPS) is 14.6. The van der Waals surface area contributed by atoms with E-state index in [1.807, 2.05) is 45.0 Å². The molecule has 1 heterocycles. The van der Waals surface area contributed by atoms with Gasteiger partial charge in [0.05, 0.1) is 10.6 Å². The maximum Gasteiger partial charge on any atom is 0.263 e. The van der Waals surface area contributed by atoms with Crippen molar-refractivity contribution in [1.29, 1.82) is 0 Å². The van der Waals surface area contributed by atoms with Crippen LogP contribution in [0.2, 0.25) is 0 Å². The van der Waals surface area contributed by atoms with E-state index in [2.05, 4.69) is 20.7 Å². The summed E-state index contributed by atoms with van der Waals surface area (Å²) >= 11 is 3.37. The number of carbonyl (C=O) groups is 2. The topological polar surface area (TPSA) is 96.0 Å². The molecule has 10 heteroatoms. The molecule has 8 nitrogen and oxygen atoms in total. The Hall–Kier alpha value is -3.37. The predicted octanol–water partition coefficient (Wildman–Crippen LogP) is 4.93. The van der Waals surface area contributed by atoms with Crippen molar-refractivity contribution in [2.75, 3.05) is 30.9 Å². The number of amides is 2. The number of hydrogen-bond acceptors (Lipinski definition) is 5. The van der Waals surface area contributed by atoms with Crippen molar-refractivity contribution in [1.82, 2.24) is 9.80 Å². The Morgan fingerprint density at radius 1 is 0.897 bits per heavy atom. The number of piperazine rings is 1. The van der Waals surface area contributed by atoms with Gasteiger partial charge in [-0.25, -0.2) is 8.42 Å². The Kier molecular flexibility index (Phi) is 8.66. The third-order valence-corrected chi connectivity index (χ3v) is 8.69. The number of nitrogens with one attached hydrogen (secondary N) is 1. The van der Waals surface area contributed by atoms with Crippen LogP contribution in [-0.2, 0) is 14.8 Å². The highest BCUT2D eigenvalue weighted by molar-refractivity contribution is 9.10. The molecule has 2 amide bonds. The van der Waals surface area contributed by atoms with E-state index in [9.17, 15) is 18.0 Å². The molecule has 1 aliphatic rings. The lowest BCUT2D eigenvalue weighted by Crippen LogP contribution is -2.53. The van der Waals surface area contributed by atoms with Gasteiger partial charge >= 0.3 is 0 Å². The first-order chi connectivity index (χ1) is 18.4.